The van der Waals surface area contributed by atoms with E-state index >= 15 is 0 Å². The van der Waals surface area contributed by atoms with Crippen LogP contribution in [0.2, 0.25) is 0 Å². The van der Waals surface area contributed by atoms with E-state index in [9.17, 15) is 0 Å². The number of ether oxygens (including phenoxy) is 2. The molecular formula is C15H24ClNO2. The molecule has 0 spiro atoms. The highest BCUT2D eigenvalue weighted by Gasteiger charge is 2.05. The number of rotatable bonds is 9. The van der Waals surface area contributed by atoms with Gasteiger partial charge in [-0.3, -0.25) is 0 Å². The third kappa shape index (κ3) is 6.50. The molecule has 0 aliphatic heterocycles. The van der Waals surface area contributed by atoms with E-state index in [1.807, 2.05) is 19.1 Å². The minimum atomic E-state index is 0. The van der Waals surface area contributed by atoms with Crippen LogP contribution in [0.3, 0.4) is 0 Å². The van der Waals surface area contributed by atoms with Crippen molar-refractivity contribution in [1.29, 1.82) is 0 Å². The van der Waals surface area contributed by atoms with Crippen molar-refractivity contribution in [2.24, 2.45) is 0 Å². The lowest BCUT2D eigenvalue weighted by atomic mass is 10.2. The molecule has 19 heavy (non-hydrogen) atoms. The average Bonchev–Trinajstić information content (AvgIpc) is 2.38. The van der Waals surface area contributed by atoms with Crippen LogP contribution >= 0.6 is 12.4 Å². The van der Waals surface area contributed by atoms with Crippen LogP contribution in [0.4, 0.5) is 0 Å². The van der Waals surface area contributed by atoms with Crippen LogP contribution < -0.4 is 14.8 Å². The fraction of sp³-hybridized carbons (Fsp3) is 0.467. The van der Waals surface area contributed by atoms with Crippen molar-refractivity contribution in [2.75, 3.05) is 19.8 Å². The highest BCUT2D eigenvalue weighted by molar-refractivity contribution is 5.85. The maximum absolute atomic E-state index is 5.59. The van der Waals surface area contributed by atoms with Gasteiger partial charge in [0, 0.05) is 6.54 Å². The van der Waals surface area contributed by atoms with Gasteiger partial charge in [-0.15, -0.1) is 12.4 Å². The molecular weight excluding hydrogens is 262 g/mol. The van der Waals surface area contributed by atoms with Gasteiger partial charge in [0.25, 0.3) is 0 Å². The van der Waals surface area contributed by atoms with Gasteiger partial charge in [-0.25, -0.2) is 0 Å². The van der Waals surface area contributed by atoms with Gasteiger partial charge >= 0.3 is 0 Å². The number of benzene rings is 1. The standard InChI is InChI=1S/C15H23NO2.ClH/c1-4-9-16-12-13-7-8-14(18-10-5-2)15(11-13)17-6-3;/h5,7-8,11,16H,2,4,6,9-10,12H2,1,3H3;1H. The van der Waals surface area contributed by atoms with Gasteiger partial charge in [0.15, 0.2) is 11.5 Å². The van der Waals surface area contributed by atoms with E-state index in [1.54, 1.807) is 6.08 Å². The highest BCUT2D eigenvalue weighted by atomic mass is 35.5. The Morgan fingerprint density at radius 2 is 2.00 bits per heavy atom. The van der Waals surface area contributed by atoms with Crippen molar-refractivity contribution in [1.82, 2.24) is 5.32 Å². The predicted molar refractivity (Wildman–Crippen MR) is 82.5 cm³/mol. The second-order valence-electron chi connectivity index (χ2n) is 3.99. The summed E-state index contributed by atoms with van der Waals surface area (Å²) in [6.45, 7) is 10.8. The lowest BCUT2D eigenvalue weighted by Crippen LogP contribution is -2.13. The van der Waals surface area contributed by atoms with Crippen molar-refractivity contribution in [3.63, 3.8) is 0 Å². The SMILES string of the molecule is C=CCOc1ccc(CNCCC)cc1OCC.Cl. The molecule has 0 radical (unpaired) electrons. The molecule has 0 aliphatic rings. The van der Waals surface area contributed by atoms with Gasteiger partial charge in [-0.05, 0) is 37.6 Å². The minimum Gasteiger partial charge on any atom is -0.490 e. The molecule has 1 aromatic rings. The van der Waals surface area contributed by atoms with Crippen molar-refractivity contribution >= 4 is 12.4 Å². The molecule has 4 heteroatoms. The predicted octanol–water partition coefficient (Wildman–Crippen LogP) is 3.57. The van der Waals surface area contributed by atoms with E-state index in [2.05, 4.69) is 24.9 Å². The molecule has 3 nitrogen and oxygen atoms in total. The summed E-state index contributed by atoms with van der Waals surface area (Å²) in [6.07, 6.45) is 2.87. The Bertz CT molecular complexity index is 369. The lowest BCUT2D eigenvalue weighted by Gasteiger charge is -2.12. The first kappa shape index (κ1) is 17.8. The van der Waals surface area contributed by atoms with Crippen molar-refractivity contribution in [3.05, 3.63) is 36.4 Å². The zero-order chi connectivity index (χ0) is 13.2. The topological polar surface area (TPSA) is 30.5 Å². The molecule has 1 N–H and O–H groups in total. The van der Waals surface area contributed by atoms with E-state index in [0.717, 1.165) is 31.0 Å². The Balaban J connectivity index is 0.00000324. The van der Waals surface area contributed by atoms with Gasteiger partial charge < -0.3 is 14.8 Å². The molecule has 0 amide bonds. The van der Waals surface area contributed by atoms with Crippen molar-refractivity contribution in [3.8, 4) is 11.5 Å². The molecule has 108 valence electrons. The smallest absolute Gasteiger partial charge is 0.161 e. The van der Waals surface area contributed by atoms with Crippen LogP contribution in [0.15, 0.2) is 30.9 Å². The number of halogens is 1. The van der Waals surface area contributed by atoms with Crippen molar-refractivity contribution in [2.45, 2.75) is 26.8 Å². The second-order valence-corrected chi connectivity index (χ2v) is 3.99. The highest BCUT2D eigenvalue weighted by Crippen LogP contribution is 2.28. The van der Waals surface area contributed by atoms with Gasteiger partial charge in [0.2, 0.25) is 0 Å². The number of nitrogens with one attached hydrogen (secondary N) is 1. The molecule has 0 atom stereocenters. The first-order valence-corrected chi connectivity index (χ1v) is 6.52. The normalized spacial score (nSPS) is 9.58. The summed E-state index contributed by atoms with van der Waals surface area (Å²) in [5.41, 5.74) is 1.21. The largest absolute Gasteiger partial charge is 0.490 e. The maximum atomic E-state index is 5.59. The number of hydrogen-bond donors (Lipinski definition) is 1. The average molecular weight is 286 g/mol. The Morgan fingerprint density at radius 3 is 2.63 bits per heavy atom. The fourth-order valence-corrected chi connectivity index (χ4v) is 1.61. The quantitative estimate of drug-likeness (QED) is 0.556. The first-order valence-electron chi connectivity index (χ1n) is 6.52. The molecule has 0 fully saturated rings. The molecule has 0 heterocycles. The Kier molecular flexibility index (Phi) is 10.0. The summed E-state index contributed by atoms with van der Waals surface area (Å²) in [7, 11) is 0. The van der Waals surface area contributed by atoms with Crippen LogP contribution in [0.5, 0.6) is 11.5 Å². The Labute approximate surface area is 122 Å². The summed E-state index contributed by atoms with van der Waals surface area (Å²) in [5, 5.41) is 3.37. The molecule has 1 aromatic carbocycles. The fourth-order valence-electron chi connectivity index (χ4n) is 1.61. The lowest BCUT2D eigenvalue weighted by molar-refractivity contribution is 0.296. The van der Waals surface area contributed by atoms with E-state index in [4.69, 9.17) is 9.47 Å². The minimum absolute atomic E-state index is 0. The second kappa shape index (κ2) is 10.7. The van der Waals surface area contributed by atoms with Crippen molar-refractivity contribution < 1.29 is 9.47 Å². The molecule has 0 saturated carbocycles. The molecule has 0 aliphatic carbocycles. The molecule has 0 unspecified atom stereocenters. The zero-order valence-corrected chi connectivity index (χ0v) is 12.6. The maximum Gasteiger partial charge on any atom is 0.161 e. The third-order valence-electron chi connectivity index (χ3n) is 2.42. The first-order chi connectivity index (χ1) is 8.81. The summed E-state index contributed by atoms with van der Waals surface area (Å²) in [4.78, 5) is 0. The Morgan fingerprint density at radius 1 is 1.21 bits per heavy atom. The molecule has 0 bridgehead atoms. The summed E-state index contributed by atoms with van der Waals surface area (Å²) < 4.78 is 11.1. The number of hydrogen-bond acceptors (Lipinski definition) is 3. The van der Waals surface area contributed by atoms with Crippen LogP contribution in [-0.2, 0) is 6.54 Å². The molecule has 1 rings (SSSR count). The summed E-state index contributed by atoms with van der Waals surface area (Å²) >= 11 is 0. The van der Waals surface area contributed by atoms with Crippen LogP contribution in [-0.4, -0.2) is 19.8 Å². The van der Waals surface area contributed by atoms with Crippen LogP contribution in [0.25, 0.3) is 0 Å². The van der Waals surface area contributed by atoms with E-state index in [-0.39, 0.29) is 12.4 Å². The van der Waals surface area contributed by atoms with E-state index in [0.29, 0.717) is 13.2 Å². The van der Waals surface area contributed by atoms with E-state index in [1.165, 1.54) is 5.56 Å². The zero-order valence-electron chi connectivity index (χ0n) is 11.8. The summed E-state index contributed by atoms with van der Waals surface area (Å²) in [5.74, 6) is 1.58. The van der Waals surface area contributed by atoms with Crippen LogP contribution in [0, 0.1) is 0 Å². The third-order valence-corrected chi connectivity index (χ3v) is 2.42. The van der Waals surface area contributed by atoms with Crippen LogP contribution in [0.1, 0.15) is 25.8 Å². The van der Waals surface area contributed by atoms with Gasteiger partial charge in [0.05, 0.1) is 6.61 Å². The van der Waals surface area contributed by atoms with E-state index < -0.39 is 0 Å². The monoisotopic (exact) mass is 285 g/mol. The Hall–Kier alpha value is -1.19. The summed E-state index contributed by atoms with van der Waals surface area (Å²) in [6, 6.07) is 6.05. The molecule has 0 saturated heterocycles. The van der Waals surface area contributed by atoms with Gasteiger partial charge in [0.1, 0.15) is 6.61 Å². The van der Waals surface area contributed by atoms with Gasteiger partial charge in [-0.1, -0.05) is 25.6 Å². The van der Waals surface area contributed by atoms with Gasteiger partial charge in [-0.2, -0.15) is 0 Å². The molecule has 0 aromatic heterocycles.